The Morgan fingerprint density at radius 1 is 0.198 bits per heavy atom. The third-order valence-corrected chi connectivity index (χ3v) is 23.9. The van der Waals surface area contributed by atoms with Crippen molar-refractivity contribution in [3.8, 4) is 55.6 Å². The van der Waals surface area contributed by atoms with E-state index in [0.717, 1.165) is 5.46 Å². The topological polar surface area (TPSA) is 18.5 Å². The van der Waals surface area contributed by atoms with E-state index in [1.54, 1.807) is 0 Å². The van der Waals surface area contributed by atoms with Crippen LogP contribution >= 0.6 is 0 Å². The minimum Gasteiger partial charge on any atom is -0.399 e. The van der Waals surface area contributed by atoms with Gasteiger partial charge in [-0.1, -0.05) is 101 Å². The van der Waals surface area contributed by atoms with Crippen LogP contribution < -0.4 is 5.46 Å². The Hall–Kier alpha value is -9.38. The molecule has 18 aromatic carbocycles. The first-order valence-corrected chi connectivity index (χ1v) is 34.9. The van der Waals surface area contributed by atoms with Crippen molar-refractivity contribution < 1.29 is 9.31 Å². The molecule has 0 aromatic heterocycles. The van der Waals surface area contributed by atoms with Crippen molar-refractivity contribution in [3.63, 3.8) is 0 Å². The summed E-state index contributed by atoms with van der Waals surface area (Å²) < 4.78 is 14.5. The molecule has 0 N–H and O–H groups in total. The SMILES string of the molecule is Cc1cc(C)c(-c2cc3c4cc(B5OC(C)(C)C(C)(C)O5)cc5c6cc(-c7c(C)cc(C)cc7C)cc7c8cc(-c9c(C)cc(C)cc9C)cc9c%10cc(-c%11c(C)cc(C)cc%11C)cc%11c%12cc(-c%13c(C)cc(C)cc%13C)cc%13c(c2)c3c2c(c45)c(c67)c(c89)c(c%11%10)c2c%13%12)c(C)c1. The Morgan fingerprint density at radius 3 is 0.500 bits per heavy atom. The average Bonchev–Trinajstić information content (AvgIpc) is 0.642. The van der Waals surface area contributed by atoms with Crippen LogP contribution in [0.2, 0.25) is 0 Å². The van der Waals surface area contributed by atoms with Crippen molar-refractivity contribution >= 4 is 142 Å². The molecule has 2 nitrogen and oxygen atoms in total. The zero-order valence-corrected chi connectivity index (χ0v) is 59.1. The van der Waals surface area contributed by atoms with E-state index >= 15 is 0 Å². The molecule has 466 valence electrons. The van der Waals surface area contributed by atoms with Gasteiger partial charge in [-0.05, 0) is 438 Å². The van der Waals surface area contributed by atoms with Crippen LogP contribution in [0.1, 0.15) is 111 Å². The van der Waals surface area contributed by atoms with Gasteiger partial charge in [0.05, 0.1) is 11.2 Å². The molecule has 1 aliphatic rings. The first-order chi connectivity index (χ1) is 45.7. The molecule has 1 heterocycles. The van der Waals surface area contributed by atoms with Gasteiger partial charge in [-0.25, -0.2) is 0 Å². The molecule has 0 atom stereocenters. The molecule has 19 rings (SSSR count). The predicted octanol–water partition coefficient (Wildman–Crippen LogP) is 25.4. The number of benzene rings is 18. The molecule has 0 aliphatic carbocycles. The zero-order chi connectivity index (χ0) is 66.4. The van der Waals surface area contributed by atoms with Crippen LogP contribution in [0.15, 0.2) is 133 Å². The minimum absolute atomic E-state index is 0.556. The van der Waals surface area contributed by atoms with Crippen molar-refractivity contribution in [2.24, 2.45) is 0 Å². The average molecular weight is 1240 g/mol. The molecule has 0 spiro atoms. The molecular formula is C93H79BO2. The van der Waals surface area contributed by atoms with Crippen LogP contribution in [0.3, 0.4) is 0 Å². The highest BCUT2D eigenvalue weighted by Gasteiger charge is 2.52. The molecule has 3 heteroatoms. The van der Waals surface area contributed by atoms with Crippen molar-refractivity contribution in [3.05, 3.63) is 217 Å². The molecule has 18 aromatic rings. The largest absolute Gasteiger partial charge is 0.494 e. The first-order valence-electron chi connectivity index (χ1n) is 34.9. The zero-order valence-electron chi connectivity index (χ0n) is 59.1. The molecule has 0 radical (unpaired) electrons. The second-order valence-electron chi connectivity index (χ2n) is 31.4. The van der Waals surface area contributed by atoms with E-state index in [-0.39, 0.29) is 0 Å². The standard InChI is InChI=1S/C93H79BO2/c1-42-20-47(6)75(48(7)21-42)57-30-63-65-32-58(76-49(8)22-43(2)23-50(76)9)34-67-69-36-60(78-53(12)26-45(4)27-54(78)13)38-71-73-40-62(94-95-92(16,17)93(18,19)96-94)41-74-72-39-61(79-55(14)28-46(5)29-56(79)15)37-70-68-35-59(77-51(10)24-44(3)25-52(77)11)33-66-64(31-57)80(63)86-87(81(65)67)89(83(69)71)91(85(73)74)90(84(70)72)88(86)82(66)68/h20-41H,1-19H3. The van der Waals surface area contributed by atoms with Gasteiger partial charge in [0.1, 0.15) is 0 Å². The summed E-state index contributed by atoms with van der Waals surface area (Å²) in [5, 5.41) is 31.8. The van der Waals surface area contributed by atoms with Crippen LogP contribution in [0.5, 0.6) is 0 Å². The van der Waals surface area contributed by atoms with E-state index in [4.69, 9.17) is 9.31 Å². The summed E-state index contributed by atoms with van der Waals surface area (Å²) >= 11 is 0. The van der Waals surface area contributed by atoms with Gasteiger partial charge in [0, 0.05) is 0 Å². The van der Waals surface area contributed by atoms with Gasteiger partial charge in [-0.3, -0.25) is 0 Å². The third kappa shape index (κ3) is 7.46. The number of aryl methyl sites for hydroxylation is 15. The van der Waals surface area contributed by atoms with E-state index < -0.39 is 18.3 Å². The Bertz CT molecular complexity index is 6070. The maximum absolute atomic E-state index is 7.24. The van der Waals surface area contributed by atoms with Crippen LogP contribution in [0.4, 0.5) is 0 Å². The summed E-state index contributed by atoms with van der Waals surface area (Å²) in [4.78, 5) is 0. The lowest BCUT2D eigenvalue weighted by Gasteiger charge is -2.32. The van der Waals surface area contributed by atoms with Crippen LogP contribution in [0.25, 0.3) is 185 Å². The van der Waals surface area contributed by atoms with Gasteiger partial charge in [-0.15, -0.1) is 0 Å². The number of fused-ring (bicyclic) bond motifs is 6. The second-order valence-corrected chi connectivity index (χ2v) is 31.4. The Morgan fingerprint density at radius 2 is 0.344 bits per heavy atom. The van der Waals surface area contributed by atoms with Gasteiger partial charge in [0.25, 0.3) is 0 Å². The molecule has 1 aliphatic heterocycles. The molecular weight excluding hydrogens is 1160 g/mol. The Labute approximate surface area is 563 Å². The van der Waals surface area contributed by atoms with Crippen molar-refractivity contribution in [2.45, 2.75) is 143 Å². The maximum Gasteiger partial charge on any atom is 0.494 e. The van der Waals surface area contributed by atoms with Crippen molar-refractivity contribution in [1.29, 1.82) is 0 Å². The Balaban J connectivity index is 1.16. The fourth-order valence-electron chi connectivity index (χ4n) is 20.3. The second kappa shape index (κ2) is 19.0. The highest BCUT2D eigenvalue weighted by molar-refractivity contribution is 6.65. The molecule has 1 fully saturated rings. The summed E-state index contributed by atoms with van der Waals surface area (Å²) in [6.45, 7) is 43.3. The smallest absolute Gasteiger partial charge is 0.399 e. The van der Waals surface area contributed by atoms with Crippen LogP contribution in [0, 0.1) is 104 Å². The van der Waals surface area contributed by atoms with Gasteiger partial charge in [0.2, 0.25) is 0 Å². The fourth-order valence-corrected chi connectivity index (χ4v) is 20.3. The van der Waals surface area contributed by atoms with Crippen molar-refractivity contribution in [1.82, 2.24) is 0 Å². The quantitative estimate of drug-likeness (QED) is 0.0938. The lowest BCUT2D eigenvalue weighted by Crippen LogP contribution is -2.41. The summed E-state index contributed by atoms with van der Waals surface area (Å²) in [6.07, 6.45) is 0. The summed E-state index contributed by atoms with van der Waals surface area (Å²) in [5.74, 6) is 0. The van der Waals surface area contributed by atoms with Gasteiger partial charge < -0.3 is 9.31 Å². The Kier molecular flexibility index (Phi) is 11.5. The monoisotopic (exact) mass is 1240 g/mol. The number of rotatable bonds is 6. The van der Waals surface area contributed by atoms with E-state index in [1.807, 2.05) is 0 Å². The maximum atomic E-state index is 7.24. The first kappa shape index (κ1) is 58.0. The summed E-state index contributed by atoms with van der Waals surface area (Å²) in [7, 11) is -0.601. The molecule has 0 bridgehead atoms. The lowest BCUT2D eigenvalue weighted by molar-refractivity contribution is 0.00578. The highest BCUT2D eigenvalue weighted by Crippen LogP contribution is 2.63. The normalized spacial score (nSPS) is 14.7. The van der Waals surface area contributed by atoms with Gasteiger partial charge in [-0.2, -0.15) is 0 Å². The van der Waals surface area contributed by atoms with E-state index in [0.29, 0.717) is 0 Å². The number of hydrogen-bond acceptors (Lipinski definition) is 2. The van der Waals surface area contributed by atoms with E-state index in [1.165, 1.54) is 268 Å². The molecule has 1 saturated heterocycles. The summed E-state index contributed by atoms with van der Waals surface area (Å²) in [5.41, 5.74) is 32.1. The highest BCUT2D eigenvalue weighted by atomic mass is 16.7. The molecule has 0 saturated carbocycles. The minimum atomic E-state index is -0.601. The van der Waals surface area contributed by atoms with Crippen molar-refractivity contribution in [2.75, 3.05) is 0 Å². The van der Waals surface area contributed by atoms with E-state index in [2.05, 4.69) is 265 Å². The number of hydrogen-bond donors (Lipinski definition) is 0. The summed E-state index contributed by atoms with van der Waals surface area (Å²) in [6, 6.07) is 55.1. The fraction of sp³-hybridized carbons (Fsp3) is 0.226. The van der Waals surface area contributed by atoms with E-state index in [9.17, 15) is 0 Å². The van der Waals surface area contributed by atoms with Gasteiger partial charge in [0.15, 0.2) is 0 Å². The van der Waals surface area contributed by atoms with Gasteiger partial charge >= 0.3 is 7.12 Å². The predicted molar refractivity (Wildman–Crippen MR) is 418 cm³/mol. The lowest BCUT2D eigenvalue weighted by atomic mass is 9.70. The molecule has 0 amide bonds. The van der Waals surface area contributed by atoms with Crippen LogP contribution in [-0.2, 0) is 9.31 Å². The third-order valence-electron chi connectivity index (χ3n) is 23.9. The molecule has 0 unspecified atom stereocenters. The molecule has 96 heavy (non-hydrogen) atoms. The van der Waals surface area contributed by atoms with Crippen LogP contribution in [-0.4, -0.2) is 18.3 Å².